The number of carbonyl (C=O) groups excluding carboxylic acids is 1. The average molecular weight is 289 g/mol. The minimum atomic E-state index is 0.218. The Morgan fingerprint density at radius 2 is 1.68 bits per heavy atom. The van der Waals surface area contributed by atoms with Gasteiger partial charge in [0.05, 0.1) is 0 Å². The number of carbonyl (C=O) groups is 1. The van der Waals surface area contributed by atoms with Gasteiger partial charge in [-0.15, -0.1) is 0 Å². The zero-order valence-electron chi connectivity index (χ0n) is 11.5. The van der Waals surface area contributed by atoms with Gasteiger partial charge in [0.25, 0.3) is 0 Å². The van der Waals surface area contributed by atoms with Crippen LogP contribution < -0.4 is 21.7 Å². The molecule has 0 aromatic rings. The van der Waals surface area contributed by atoms with Gasteiger partial charge in [0.1, 0.15) is 0 Å². The largest absolute Gasteiger partial charge is 0.340 e. The topological polar surface area (TPSA) is 82.4 Å². The fraction of sp³-hybridized carbons (Fsp3) is 0.917. The van der Waals surface area contributed by atoms with E-state index in [0.29, 0.717) is 13.0 Å². The number of likely N-dealkylation sites (tertiary alicyclic amines) is 1. The minimum Gasteiger partial charge on any atom is -0.340 e. The summed E-state index contributed by atoms with van der Waals surface area (Å²) in [6.45, 7) is 7.73. The molecule has 0 saturated carbocycles. The molecule has 1 unspecified atom stereocenters. The third-order valence-corrected chi connectivity index (χ3v) is 3.38. The zero-order valence-corrected chi connectivity index (χ0v) is 12.4. The van der Waals surface area contributed by atoms with Crippen LogP contribution in [-0.4, -0.2) is 75.0 Å². The Labute approximate surface area is 121 Å². The van der Waals surface area contributed by atoms with Crippen molar-refractivity contribution >= 4 is 18.5 Å². The van der Waals surface area contributed by atoms with Gasteiger partial charge in [0.2, 0.25) is 5.91 Å². The van der Waals surface area contributed by atoms with Gasteiger partial charge in [0.15, 0.2) is 0 Å². The van der Waals surface area contributed by atoms with Crippen LogP contribution in [0, 0.1) is 0 Å². The molecule has 1 atom stereocenters. The summed E-state index contributed by atoms with van der Waals surface area (Å²) in [5.74, 6) is 0.228. The second kappa shape index (κ2) is 10.4. The third kappa shape index (κ3) is 7.74. The van der Waals surface area contributed by atoms with Gasteiger partial charge in [-0.3, -0.25) is 4.79 Å². The molecular formula is C12H27N5OS. The summed E-state index contributed by atoms with van der Waals surface area (Å²) in [6, 6.07) is 0. The highest BCUT2D eigenvalue weighted by molar-refractivity contribution is 7.81. The number of hydrogen-bond acceptors (Lipinski definition) is 6. The summed E-state index contributed by atoms with van der Waals surface area (Å²) in [7, 11) is 0. The van der Waals surface area contributed by atoms with E-state index in [9.17, 15) is 4.79 Å². The van der Waals surface area contributed by atoms with Crippen LogP contribution in [0.4, 0.5) is 0 Å². The Kier molecular flexibility index (Phi) is 9.19. The van der Waals surface area contributed by atoms with Crippen LogP contribution in [0.2, 0.25) is 0 Å². The Hall–Kier alpha value is -0.340. The SMILES string of the molecule is NCCNCCNCCNCCN1CC(S)CC1=O. The van der Waals surface area contributed by atoms with Gasteiger partial charge in [-0.1, -0.05) is 0 Å². The van der Waals surface area contributed by atoms with Crippen molar-refractivity contribution in [3.8, 4) is 0 Å². The van der Waals surface area contributed by atoms with E-state index in [-0.39, 0.29) is 11.2 Å². The fourth-order valence-electron chi connectivity index (χ4n) is 2.01. The number of amides is 1. The highest BCUT2D eigenvalue weighted by Gasteiger charge is 2.26. The van der Waals surface area contributed by atoms with E-state index in [1.165, 1.54) is 0 Å². The van der Waals surface area contributed by atoms with Crippen molar-refractivity contribution in [2.24, 2.45) is 5.73 Å². The van der Waals surface area contributed by atoms with E-state index >= 15 is 0 Å². The van der Waals surface area contributed by atoms with E-state index in [4.69, 9.17) is 5.73 Å². The molecule has 1 saturated heterocycles. The first-order chi connectivity index (χ1) is 9.24. The molecule has 5 N–H and O–H groups in total. The van der Waals surface area contributed by atoms with Crippen LogP contribution in [0.15, 0.2) is 0 Å². The lowest BCUT2D eigenvalue weighted by Gasteiger charge is -2.16. The Morgan fingerprint density at radius 3 is 2.21 bits per heavy atom. The molecule has 6 nitrogen and oxygen atoms in total. The van der Waals surface area contributed by atoms with E-state index in [0.717, 1.165) is 52.4 Å². The van der Waals surface area contributed by atoms with Crippen LogP contribution in [0.5, 0.6) is 0 Å². The standard InChI is InChI=1S/C12H27N5OS/c13-1-2-14-3-4-15-5-6-16-7-8-17-10-11(19)9-12(17)18/h11,14-16,19H,1-10,13H2. The lowest BCUT2D eigenvalue weighted by Crippen LogP contribution is -2.37. The molecule has 1 fully saturated rings. The first-order valence-electron chi connectivity index (χ1n) is 7.02. The van der Waals surface area contributed by atoms with Crippen LogP contribution >= 0.6 is 12.6 Å². The number of nitrogens with one attached hydrogen (secondary N) is 3. The minimum absolute atomic E-state index is 0.218. The molecule has 0 aliphatic carbocycles. The predicted molar refractivity (Wildman–Crippen MR) is 81.6 cm³/mol. The van der Waals surface area contributed by atoms with Gasteiger partial charge < -0.3 is 26.6 Å². The molecule has 7 heteroatoms. The monoisotopic (exact) mass is 289 g/mol. The van der Waals surface area contributed by atoms with E-state index in [2.05, 4.69) is 28.6 Å². The van der Waals surface area contributed by atoms with Crippen LogP contribution in [-0.2, 0) is 4.79 Å². The van der Waals surface area contributed by atoms with Crippen molar-refractivity contribution in [1.82, 2.24) is 20.9 Å². The molecule has 112 valence electrons. The maximum absolute atomic E-state index is 11.5. The number of thiol groups is 1. The smallest absolute Gasteiger partial charge is 0.223 e. The van der Waals surface area contributed by atoms with E-state index in [1.54, 1.807) is 0 Å². The molecule has 0 radical (unpaired) electrons. The van der Waals surface area contributed by atoms with Crippen molar-refractivity contribution in [2.45, 2.75) is 11.7 Å². The quantitative estimate of drug-likeness (QED) is 0.230. The molecule has 0 bridgehead atoms. The second-order valence-electron chi connectivity index (χ2n) is 4.74. The summed E-state index contributed by atoms with van der Waals surface area (Å²) in [5.41, 5.74) is 5.37. The summed E-state index contributed by atoms with van der Waals surface area (Å²) < 4.78 is 0. The number of nitrogens with zero attached hydrogens (tertiary/aromatic N) is 1. The second-order valence-corrected chi connectivity index (χ2v) is 5.47. The lowest BCUT2D eigenvalue weighted by atomic mass is 10.4. The van der Waals surface area contributed by atoms with Crippen LogP contribution in [0.1, 0.15) is 6.42 Å². The molecule has 1 rings (SSSR count). The Bertz CT molecular complexity index is 254. The van der Waals surface area contributed by atoms with Crippen molar-refractivity contribution in [3.63, 3.8) is 0 Å². The average Bonchev–Trinajstić information content (AvgIpc) is 2.70. The molecule has 0 aromatic heterocycles. The van der Waals surface area contributed by atoms with E-state index < -0.39 is 0 Å². The first-order valence-corrected chi connectivity index (χ1v) is 7.53. The first kappa shape index (κ1) is 16.7. The highest BCUT2D eigenvalue weighted by Crippen LogP contribution is 2.14. The highest BCUT2D eigenvalue weighted by atomic mass is 32.1. The Morgan fingerprint density at radius 1 is 1.11 bits per heavy atom. The van der Waals surface area contributed by atoms with Gasteiger partial charge in [-0.2, -0.15) is 12.6 Å². The molecule has 0 aromatic carbocycles. The predicted octanol–water partition coefficient (Wildman–Crippen LogP) is -1.76. The molecule has 1 amide bonds. The van der Waals surface area contributed by atoms with E-state index in [1.807, 2.05) is 4.90 Å². The maximum Gasteiger partial charge on any atom is 0.223 e. The molecule has 1 heterocycles. The summed E-state index contributed by atoms with van der Waals surface area (Å²) in [6.07, 6.45) is 0.584. The van der Waals surface area contributed by atoms with Crippen molar-refractivity contribution in [2.75, 3.05) is 58.9 Å². The van der Waals surface area contributed by atoms with Gasteiger partial charge >= 0.3 is 0 Å². The summed E-state index contributed by atoms with van der Waals surface area (Å²) >= 11 is 4.33. The third-order valence-electron chi connectivity index (χ3n) is 3.03. The number of nitrogens with two attached hydrogens (primary N) is 1. The normalized spacial score (nSPS) is 19.4. The van der Waals surface area contributed by atoms with Gasteiger partial charge in [-0.05, 0) is 0 Å². The van der Waals surface area contributed by atoms with Crippen LogP contribution in [0.3, 0.4) is 0 Å². The zero-order chi connectivity index (χ0) is 13.9. The Balaban J connectivity index is 1.82. The summed E-state index contributed by atoms with van der Waals surface area (Å²) in [5, 5.41) is 10.1. The van der Waals surface area contributed by atoms with Crippen molar-refractivity contribution in [1.29, 1.82) is 0 Å². The molecular weight excluding hydrogens is 262 g/mol. The van der Waals surface area contributed by atoms with Crippen molar-refractivity contribution < 1.29 is 4.79 Å². The fourth-order valence-corrected chi connectivity index (χ4v) is 2.37. The van der Waals surface area contributed by atoms with Crippen LogP contribution in [0.25, 0.3) is 0 Å². The summed E-state index contributed by atoms with van der Waals surface area (Å²) in [4.78, 5) is 13.4. The van der Waals surface area contributed by atoms with Crippen molar-refractivity contribution in [3.05, 3.63) is 0 Å². The molecule has 19 heavy (non-hydrogen) atoms. The van der Waals surface area contributed by atoms with Gasteiger partial charge in [0, 0.05) is 70.6 Å². The molecule has 0 spiro atoms. The number of hydrogen-bond donors (Lipinski definition) is 5. The molecule has 1 aliphatic heterocycles. The molecule has 1 aliphatic rings. The lowest BCUT2D eigenvalue weighted by molar-refractivity contribution is -0.127. The number of rotatable bonds is 11. The maximum atomic E-state index is 11.5. The van der Waals surface area contributed by atoms with Gasteiger partial charge in [-0.25, -0.2) is 0 Å².